The lowest BCUT2D eigenvalue weighted by Gasteiger charge is -2.25. The van der Waals surface area contributed by atoms with Crippen LogP contribution in [-0.4, -0.2) is 18.1 Å². The largest absolute Gasteiger partial charge is 0.315 e. The van der Waals surface area contributed by atoms with Crippen LogP contribution in [0.2, 0.25) is 0 Å². The number of aromatic nitrogens is 1. The van der Waals surface area contributed by atoms with Crippen molar-refractivity contribution in [3.05, 3.63) is 16.1 Å². The van der Waals surface area contributed by atoms with Crippen LogP contribution in [0.4, 0.5) is 0 Å². The van der Waals surface area contributed by atoms with Gasteiger partial charge in [0, 0.05) is 24.4 Å². The molecular weight excluding hydrogens is 168 g/mol. The Labute approximate surface area is 77.0 Å². The van der Waals surface area contributed by atoms with Crippen LogP contribution in [0.3, 0.4) is 0 Å². The third-order valence-corrected chi connectivity index (χ3v) is 3.16. The molecule has 3 heteroatoms. The van der Waals surface area contributed by atoms with E-state index in [1.807, 2.05) is 11.3 Å². The van der Waals surface area contributed by atoms with Crippen molar-refractivity contribution in [2.75, 3.05) is 13.1 Å². The molecule has 0 atom stereocenters. The Balaban J connectivity index is 2.02. The van der Waals surface area contributed by atoms with Gasteiger partial charge >= 0.3 is 0 Å². The van der Waals surface area contributed by atoms with Gasteiger partial charge in [-0.2, -0.15) is 0 Å². The van der Waals surface area contributed by atoms with Crippen molar-refractivity contribution in [2.45, 2.75) is 25.7 Å². The number of nitrogens with one attached hydrogen (secondary N) is 1. The first-order valence-corrected chi connectivity index (χ1v) is 5.43. The molecule has 0 saturated carbocycles. The Morgan fingerprint density at radius 3 is 3.08 bits per heavy atom. The Bertz CT molecular complexity index is 253. The van der Waals surface area contributed by atoms with E-state index in [-0.39, 0.29) is 0 Å². The zero-order valence-electron chi connectivity index (χ0n) is 7.34. The van der Waals surface area contributed by atoms with Gasteiger partial charge in [0.1, 0.15) is 0 Å². The normalized spacial score (nSPS) is 17.8. The molecule has 1 saturated heterocycles. The summed E-state index contributed by atoms with van der Waals surface area (Å²) in [7, 11) is 0. The highest BCUT2D eigenvalue weighted by Gasteiger charge is 2.21. The van der Waals surface area contributed by atoms with Gasteiger partial charge in [-0.25, -0.2) is 4.98 Å². The summed E-state index contributed by atoms with van der Waals surface area (Å²) < 4.78 is 0. The molecule has 0 aliphatic carbocycles. The van der Waals surface area contributed by atoms with E-state index in [0.29, 0.717) is 5.92 Å². The first kappa shape index (κ1) is 8.20. The first-order valence-electron chi connectivity index (χ1n) is 4.55. The van der Waals surface area contributed by atoms with Gasteiger partial charge in [-0.3, -0.25) is 0 Å². The molecule has 1 aliphatic heterocycles. The number of hydrogen-bond acceptors (Lipinski definition) is 3. The number of thiazole rings is 1. The molecule has 0 bridgehead atoms. The van der Waals surface area contributed by atoms with E-state index >= 15 is 0 Å². The highest BCUT2D eigenvalue weighted by Crippen LogP contribution is 2.22. The van der Waals surface area contributed by atoms with Crippen LogP contribution in [0.25, 0.3) is 0 Å². The monoisotopic (exact) mass is 182 g/mol. The average molecular weight is 182 g/mol. The van der Waals surface area contributed by atoms with Gasteiger partial charge in [-0.15, -0.1) is 11.3 Å². The Hall–Kier alpha value is -0.410. The van der Waals surface area contributed by atoms with Gasteiger partial charge in [0.15, 0.2) is 0 Å². The van der Waals surface area contributed by atoms with Crippen molar-refractivity contribution in [2.24, 2.45) is 0 Å². The highest BCUT2D eigenvalue weighted by molar-refractivity contribution is 7.09. The fourth-order valence-corrected chi connectivity index (χ4v) is 2.32. The van der Waals surface area contributed by atoms with E-state index in [9.17, 15) is 0 Å². The van der Waals surface area contributed by atoms with Gasteiger partial charge < -0.3 is 5.32 Å². The highest BCUT2D eigenvalue weighted by atomic mass is 32.1. The number of hydrogen-bond donors (Lipinski definition) is 1. The molecule has 1 fully saturated rings. The summed E-state index contributed by atoms with van der Waals surface area (Å²) in [6.45, 7) is 4.44. The van der Waals surface area contributed by atoms with Gasteiger partial charge in [0.05, 0.1) is 10.7 Å². The molecule has 2 rings (SSSR count). The molecule has 0 amide bonds. The van der Waals surface area contributed by atoms with Crippen LogP contribution in [0.1, 0.15) is 30.0 Å². The molecule has 12 heavy (non-hydrogen) atoms. The number of nitrogens with zero attached hydrogens (tertiary/aromatic N) is 1. The molecular formula is C9H14N2S. The maximum absolute atomic E-state index is 4.60. The molecule has 2 nitrogen and oxygen atoms in total. The fraction of sp³-hybridized carbons (Fsp3) is 0.667. The van der Waals surface area contributed by atoms with Crippen molar-refractivity contribution in [3.8, 4) is 0 Å². The maximum atomic E-state index is 4.60. The van der Waals surface area contributed by atoms with E-state index in [2.05, 4.69) is 22.6 Å². The minimum Gasteiger partial charge on any atom is -0.315 e. The lowest BCUT2D eigenvalue weighted by molar-refractivity contribution is 0.441. The van der Waals surface area contributed by atoms with Crippen LogP contribution in [0.5, 0.6) is 0 Å². The van der Waals surface area contributed by atoms with E-state index < -0.39 is 0 Å². The van der Waals surface area contributed by atoms with E-state index in [1.165, 1.54) is 17.1 Å². The summed E-state index contributed by atoms with van der Waals surface area (Å²) in [4.78, 5) is 4.60. The topological polar surface area (TPSA) is 24.9 Å². The maximum Gasteiger partial charge on any atom is 0.0928 e. The summed E-state index contributed by atoms with van der Waals surface area (Å²) >= 11 is 1.81. The van der Waals surface area contributed by atoms with Crippen molar-refractivity contribution < 1.29 is 0 Å². The summed E-state index contributed by atoms with van der Waals surface area (Å²) in [6.07, 6.45) is 2.35. The van der Waals surface area contributed by atoms with Gasteiger partial charge in [0.2, 0.25) is 0 Å². The van der Waals surface area contributed by atoms with Crippen LogP contribution >= 0.6 is 11.3 Å². The minimum atomic E-state index is 0.701. The summed E-state index contributed by atoms with van der Waals surface area (Å²) in [6, 6.07) is 0. The predicted molar refractivity (Wildman–Crippen MR) is 51.7 cm³/mol. The summed E-state index contributed by atoms with van der Waals surface area (Å²) in [5, 5.41) is 6.79. The lowest BCUT2D eigenvalue weighted by atomic mass is 10.0. The third kappa shape index (κ3) is 1.52. The van der Waals surface area contributed by atoms with Crippen LogP contribution in [-0.2, 0) is 6.42 Å². The van der Waals surface area contributed by atoms with Crippen molar-refractivity contribution >= 4 is 11.3 Å². The smallest absolute Gasteiger partial charge is 0.0928 e. The molecule has 0 unspecified atom stereocenters. The molecule has 1 aliphatic rings. The van der Waals surface area contributed by atoms with Crippen LogP contribution in [0.15, 0.2) is 5.38 Å². The number of rotatable bonds is 3. The zero-order chi connectivity index (χ0) is 8.39. The second kappa shape index (κ2) is 3.54. The average Bonchev–Trinajstić information content (AvgIpc) is 2.34. The van der Waals surface area contributed by atoms with Gasteiger partial charge in [-0.1, -0.05) is 6.92 Å². The lowest BCUT2D eigenvalue weighted by Crippen LogP contribution is -2.40. The van der Waals surface area contributed by atoms with Crippen molar-refractivity contribution in [1.82, 2.24) is 10.3 Å². The molecule has 1 aromatic rings. The molecule has 0 radical (unpaired) electrons. The van der Waals surface area contributed by atoms with E-state index in [0.717, 1.165) is 19.5 Å². The van der Waals surface area contributed by atoms with Crippen molar-refractivity contribution in [1.29, 1.82) is 0 Å². The molecule has 66 valence electrons. The van der Waals surface area contributed by atoms with Crippen LogP contribution < -0.4 is 5.32 Å². The summed E-state index contributed by atoms with van der Waals surface area (Å²) in [5.41, 5.74) is 1.31. The second-order valence-electron chi connectivity index (χ2n) is 3.27. The van der Waals surface area contributed by atoms with Crippen LogP contribution in [0, 0.1) is 0 Å². The van der Waals surface area contributed by atoms with Gasteiger partial charge in [0.25, 0.3) is 0 Å². The number of aryl methyl sites for hydroxylation is 1. The van der Waals surface area contributed by atoms with Crippen molar-refractivity contribution in [3.63, 3.8) is 0 Å². The van der Waals surface area contributed by atoms with E-state index in [4.69, 9.17) is 0 Å². The third-order valence-electron chi connectivity index (χ3n) is 2.23. The van der Waals surface area contributed by atoms with Gasteiger partial charge in [-0.05, 0) is 12.8 Å². The SMILES string of the molecule is CCCc1nc(C2CNC2)cs1. The zero-order valence-corrected chi connectivity index (χ0v) is 8.16. The van der Waals surface area contributed by atoms with E-state index in [1.54, 1.807) is 0 Å². The Morgan fingerprint density at radius 1 is 1.67 bits per heavy atom. The quantitative estimate of drug-likeness (QED) is 0.770. The standard InChI is InChI=1S/C9H14N2S/c1-2-3-9-11-8(6-12-9)7-4-10-5-7/h6-7,10H,2-5H2,1H3. The Morgan fingerprint density at radius 2 is 2.50 bits per heavy atom. The Kier molecular flexibility index (Phi) is 2.42. The molecule has 1 aromatic heterocycles. The fourth-order valence-electron chi connectivity index (χ4n) is 1.34. The first-order chi connectivity index (χ1) is 5.90. The molecule has 0 spiro atoms. The summed E-state index contributed by atoms with van der Waals surface area (Å²) in [5.74, 6) is 0.701. The molecule has 1 N–H and O–H groups in total. The predicted octanol–water partition coefficient (Wildman–Crippen LogP) is 1.78. The molecule has 2 heterocycles. The molecule has 0 aromatic carbocycles. The second-order valence-corrected chi connectivity index (χ2v) is 4.21. The minimum absolute atomic E-state index is 0.701.